The van der Waals surface area contributed by atoms with E-state index < -0.39 is 0 Å². The molecular formula is C21H37IN4O3. The Kier molecular flexibility index (Phi) is 12.1. The van der Waals surface area contributed by atoms with Gasteiger partial charge in [0, 0.05) is 63.2 Å². The van der Waals surface area contributed by atoms with Crippen LogP contribution in [0.15, 0.2) is 23.2 Å². The summed E-state index contributed by atoms with van der Waals surface area (Å²) in [5, 5.41) is 6.92. The number of piperidine rings is 1. The van der Waals surface area contributed by atoms with Gasteiger partial charge in [-0.05, 0) is 33.1 Å². The number of hydrogen-bond donors (Lipinski definition) is 2. The Balaban J connectivity index is 0.00000420. The summed E-state index contributed by atoms with van der Waals surface area (Å²) < 4.78 is 16.4. The third-order valence-corrected chi connectivity index (χ3v) is 4.83. The van der Waals surface area contributed by atoms with Crippen molar-refractivity contribution in [3.63, 3.8) is 0 Å². The van der Waals surface area contributed by atoms with Crippen molar-refractivity contribution in [2.24, 2.45) is 4.99 Å². The van der Waals surface area contributed by atoms with E-state index in [1.165, 1.54) is 0 Å². The molecule has 29 heavy (non-hydrogen) atoms. The van der Waals surface area contributed by atoms with E-state index in [0.717, 1.165) is 68.6 Å². The maximum atomic E-state index is 5.57. The summed E-state index contributed by atoms with van der Waals surface area (Å²) in [7, 11) is 5.18. The van der Waals surface area contributed by atoms with Crippen LogP contribution in [0.25, 0.3) is 0 Å². The monoisotopic (exact) mass is 520 g/mol. The highest BCUT2D eigenvalue weighted by atomic mass is 127. The third kappa shape index (κ3) is 8.86. The van der Waals surface area contributed by atoms with Crippen LogP contribution in [-0.4, -0.2) is 65.6 Å². The maximum absolute atomic E-state index is 5.57. The highest BCUT2D eigenvalue weighted by Gasteiger charge is 2.21. The van der Waals surface area contributed by atoms with Crippen molar-refractivity contribution in [1.29, 1.82) is 0 Å². The minimum Gasteiger partial charge on any atom is -0.497 e. The predicted octanol–water partition coefficient (Wildman–Crippen LogP) is 3.27. The lowest BCUT2D eigenvalue weighted by Crippen LogP contribution is -2.49. The Morgan fingerprint density at radius 2 is 1.76 bits per heavy atom. The minimum atomic E-state index is 0. The molecule has 166 valence electrons. The molecule has 0 bridgehead atoms. The second-order valence-corrected chi connectivity index (χ2v) is 7.25. The molecule has 1 fully saturated rings. The molecule has 0 radical (unpaired) electrons. The van der Waals surface area contributed by atoms with Crippen LogP contribution in [0.3, 0.4) is 0 Å². The van der Waals surface area contributed by atoms with E-state index in [4.69, 9.17) is 14.2 Å². The number of anilines is 1. The molecule has 0 aliphatic carbocycles. The fraction of sp³-hybridized carbons (Fsp3) is 0.667. The first-order valence-electron chi connectivity index (χ1n) is 10.1. The second-order valence-electron chi connectivity index (χ2n) is 7.25. The zero-order valence-electron chi connectivity index (χ0n) is 18.4. The van der Waals surface area contributed by atoms with Gasteiger partial charge in [0.2, 0.25) is 0 Å². The van der Waals surface area contributed by atoms with Crippen molar-refractivity contribution in [3.8, 4) is 11.5 Å². The van der Waals surface area contributed by atoms with E-state index in [2.05, 4.69) is 46.5 Å². The molecule has 8 heteroatoms. The number of nitrogens with one attached hydrogen (secondary N) is 2. The number of halogens is 1. The van der Waals surface area contributed by atoms with Crippen molar-refractivity contribution < 1.29 is 14.2 Å². The minimum absolute atomic E-state index is 0. The first kappa shape index (κ1) is 25.6. The summed E-state index contributed by atoms with van der Waals surface area (Å²) in [4.78, 5) is 6.72. The largest absolute Gasteiger partial charge is 0.497 e. The first-order chi connectivity index (χ1) is 13.5. The van der Waals surface area contributed by atoms with Gasteiger partial charge in [0.05, 0.1) is 20.3 Å². The van der Waals surface area contributed by atoms with Crippen LogP contribution in [0, 0.1) is 0 Å². The van der Waals surface area contributed by atoms with Gasteiger partial charge in [-0.3, -0.25) is 4.99 Å². The highest BCUT2D eigenvalue weighted by Crippen LogP contribution is 2.30. The van der Waals surface area contributed by atoms with Crippen molar-refractivity contribution in [1.82, 2.24) is 10.6 Å². The third-order valence-electron chi connectivity index (χ3n) is 4.83. The quantitative estimate of drug-likeness (QED) is 0.226. The van der Waals surface area contributed by atoms with Crippen LogP contribution in [-0.2, 0) is 4.74 Å². The van der Waals surface area contributed by atoms with E-state index >= 15 is 0 Å². The number of aliphatic imine (C=N–C) groups is 1. The lowest BCUT2D eigenvalue weighted by Gasteiger charge is -2.34. The molecule has 1 saturated heterocycles. The maximum Gasteiger partial charge on any atom is 0.191 e. The molecule has 0 unspecified atom stereocenters. The number of rotatable bonds is 9. The topological polar surface area (TPSA) is 67.4 Å². The summed E-state index contributed by atoms with van der Waals surface area (Å²) in [5.41, 5.74) is 1.14. The zero-order valence-corrected chi connectivity index (χ0v) is 20.7. The van der Waals surface area contributed by atoms with Crippen LogP contribution in [0.4, 0.5) is 5.69 Å². The van der Waals surface area contributed by atoms with Crippen molar-refractivity contribution in [2.45, 2.75) is 45.3 Å². The lowest BCUT2D eigenvalue weighted by molar-refractivity contribution is 0.0776. The van der Waals surface area contributed by atoms with E-state index in [-0.39, 0.29) is 30.1 Å². The van der Waals surface area contributed by atoms with Gasteiger partial charge in [0.25, 0.3) is 0 Å². The van der Waals surface area contributed by atoms with Gasteiger partial charge in [0.1, 0.15) is 11.5 Å². The van der Waals surface area contributed by atoms with Crippen LogP contribution in [0.1, 0.15) is 33.1 Å². The molecule has 1 aromatic carbocycles. The molecular weight excluding hydrogens is 483 g/mol. The Labute approximate surface area is 192 Å². The zero-order chi connectivity index (χ0) is 20.4. The van der Waals surface area contributed by atoms with E-state index in [1.54, 1.807) is 14.2 Å². The number of nitrogens with zero attached hydrogens (tertiary/aromatic N) is 2. The Hall–Kier alpha value is -1.42. The van der Waals surface area contributed by atoms with E-state index in [9.17, 15) is 0 Å². The van der Waals surface area contributed by atoms with Gasteiger partial charge in [0.15, 0.2) is 5.96 Å². The molecule has 1 heterocycles. The summed E-state index contributed by atoms with van der Waals surface area (Å²) in [6, 6.07) is 6.45. The highest BCUT2D eigenvalue weighted by molar-refractivity contribution is 14.0. The molecule has 1 aliphatic heterocycles. The van der Waals surface area contributed by atoms with Gasteiger partial charge in [-0.1, -0.05) is 0 Å². The van der Waals surface area contributed by atoms with Crippen LogP contribution in [0.2, 0.25) is 0 Å². The van der Waals surface area contributed by atoms with Gasteiger partial charge in [-0.15, -0.1) is 24.0 Å². The summed E-state index contributed by atoms with van der Waals surface area (Å²) in [5.74, 6) is 2.51. The molecule has 0 aromatic heterocycles. The average Bonchev–Trinajstić information content (AvgIpc) is 2.72. The van der Waals surface area contributed by atoms with Crippen LogP contribution in [0.5, 0.6) is 11.5 Å². The van der Waals surface area contributed by atoms with Gasteiger partial charge >= 0.3 is 0 Å². The van der Waals surface area contributed by atoms with Crippen LogP contribution >= 0.6 is 24.0 Å². The second kappa shape index (κ2) is 13.7. The lowest BCUT2D eigenvalue weighted by atomic mass is 10.0. The average molecular weight is 520 g/mol. The molecule has 2 N–H and O–H groups in total. The van der Waals surface area contributed by atoms with Gasteiger partial charge in [-0.25, -0.2) is 0 Å². The van der Waals surface area contributed by atoms with Crippen molar-refractivity contribution >= 4 is 35.6 Å². The van der Waals surface area contributed by atoms with Gasteiger partial charge in [-0.2, -0.15) is 0 Å². The van der Waals surface area contributed by atoms with Crippen molar-refractivity contribution in [3.05, 3.63) is 18.2 Å². The van der Waals surface area contributed by atoms with E-state index in [1.807, 2.05) is 13.1 Å². The fourth-order valence-electron chi connectivity index (χ4n) is 3.24. The first-order valence-corrected chi connectivity index (χ1v) is 10.1. The molecule has 1 aliphatic rings. The van der Waals surface area contributed by atoms with Crippen molar-refractivity contribution in [2.75, 3.05) is 52.4 Å². The Morgan fingerprint density at radius 1 is 1.14 bits per heavy atom. The Bertz CT molecular complexity index is 598. The SMILES string of the molecule is CN=C(NCCCOC(C)C)NC1CCN(c2cc(OC)cc(OC)c2)CC1.I. The Morgan fingerprint density at radius 3 is 2.28 bits per heavy atom. The summed E-state index contributed by atoms with van der Waals surface area (Å²) in [6.07, 6.45) is 3.36. The number of methoxy groups -OCH3 is 2. The molecule has 0 atom stereocenters. The molecule has 0 spiro atoms. The molecule has 2 rings (SSSR count). The van der Waals surface area contributed by atoms with Crippen LogP contribution < -0.4 is 25.0 Å². The summed E-state index contributed by atoms with van der Waals surface area (Å²) in [6.45, 7) is 7.70. The predicted molar refractivity (Wildman–Crippen MR) is 130 cm³/mol. The fourth-order valence-corrected chi connectivity index (χ4v) is 3.24. The molecule has 0 saturated carbocycles. The number of benzene rings is 1. The van der Waals surface area contributed by atoms with E-state index in [0.29, 0.717) is 6.04 Å². The molecule has 1 aromatic rings. The normalized spacial score (nSPS) is 15.1. The molecule has 0 amide bonds. The number of hydrogen-bond acceptors (Lipinski definition) is 5. The standard InChI is InChI=1S/C21H36N4O3.HI/c1-16(2)28-12-6-9-23-21(22-3)24-17-7-10-25(11-8-17)18-13-19(26-4)15-20(14-18)27-5;/h13-17H,6-12H2,1-5H3,(H2,22,23,24);1H. The number of guanidine groups is 1. The summed E-state index contributed by atoms with van der Waals surface area (Å²) >= 11 is 0. The van der Waals surface area contributed by atoms with Gasteiger partial charge < -0.3 is 29.7 Å². The number of ether oxygens (including phenoxy) is 3. The smallest absolute Gasteiger partial charge is 0.191 e. The molecule has 7 nitrogen and oxygen atoms in total.